The molecule has 4 aromatic carbocycles. The Hall–Kier alpha value is -3.37. The minimum Gasteiger partial charge on any atom is -0.512 e. The predicted octanol–water partition coefficient (Wildman–Crippen LogP) is 13.2. The molecule has 0 spiro atoms. The van der Waals surface area contributed by atoms with E-state index in [4.69, 9.17) is 4.98 Å². The van der Waals surface area contributed by atoms with Crippen LogP contribution in [0.1, 0.15) is 93.6 Å². The van der Waals surface area contributed by atoms with Crippen LogP contribution in [0.5, 0.6) is 0 Å². The van der Waals surface area contributed by atoms with Gasteiger partial charge in [0.1, 0.15) is 5.76 Å². The molecule has 259 valence electrons. The Morgan fingerprint density at radius 3 is 1.94 bits per heavy atom. The minimum atomic E-state index is -0.337. The van der Waals surface area contributed by atoms with Crippen molar-refractivity contribution in [3.8, 4) is 11.3 Å². The third-order valence-corrected chi connectivity index (χ3v) is 11.9. The fourth-order valence-electron chi connectivity index (χ4n) is 6.27. The van der Waals surface area contributed by atoms with E-state index in [-0.39, 0.29) is 47.9 Å². The first-order valence-corrected chi connectivity index (χ1v) is 18.2. The topological polar surface area (TPSA) is 50.2 Å². The number of carbonyl (C=O) groups excluding carboxylic acids is 1. The molecule has 0 aliphatic carbocycles. The average molecular weight is 849 g/mol. The maximum Gasteiger partial charge on any atom is 0.164 e. The van der Waals surface area contributed by atoms with Gasteiger partial charge in [0.2, 0.25) is 0 Å². The van der Waals surface area contributed by atoms with E-state index >= 15 is 0 Å². The molecule has 0 saturated carbocycles. The zero-order valence-electron chi connectivity index (χ0n) is 30.5. The quantitative estimate of drug-likeness (QED) is 0.0943. The molecule has 1 N–H and O–H groups in total. The van der Waals surface area contributed by atoms with Gasteiger partial charge in [-0.3, -0.25) is 9.78 Å². The Morgan fingerprint density at radius 2 is 1.33 bits per heavy atom. The number of pyridine rings is 1. The third kappa shape index (κ3) is 7.55. The van der Waals surface area contributed by atoms with Gasteiger partial charge < -0.3 is 5.11 Å². The second kappa shape index (κ2) is 15.3. The summed E-state index contributed by atoms with van der Waals surface area (Å²) in [5.41, 5.74) is 3.89. The molecule has 6 rings (SSSR count). The number of fused-ring (bicyclic) bond motifs is 6. The molecule has 5 heteroatoms. The zero-order valence-corrected chi connectivity index (χ0v) is 33.7. The zero-order chi connectivity index (χ0) is 34.9. The normalized spacial score (nSPS) is 12.6. The fourth-order valence-corrected chi connectivity index (χ4v) is 7.50. The largest absolute Gasteiger partial charge is 0.512 e. The number of rotatable bonds is 8. The van der Waals surface area contributed by atoms with Gasteiger partial charge in [0, 0.05) is 57.5 Å². The summed E-state index contributed by atoms with van der Waals surface area (Å²) in [4.78, 5) is 17.4. The van der Waals surface area contributed by atoms with Gasteiger partial charge in [0.25, 0.3) is 0 Å². The fraction of sp³-hybridized carbons (Fsp3) is 0.364. The van der Waals surface area contributed by atoms with E-state index in [1.807, 2.05) is 52.9 Å². The monoisotopic (exact) mass is 849 g/mol. The first-order chi connectivity index (χ1) is 22.8. The van der Waals surface area contributed by atoms with Gasteiger partial charge in [0.15, 0.2) is 5.78 Å². The number of aliphatic hydroxyl groups is 1. The molecule has 2 aromatic heterocycles. The number of hydrogen-bond acceptors (Lipinski definition) is 4. The summed E-state index contributed by atoms with van der Waals surface area (Å²) in [6, 6.07) is 31.8. The van der Waals surface area contributed by atoms with Crippen molar-refractivity contribution in [3.63, 3.8) is 0 Å². The minimum absolute atomic E-state index is 0. The van der Waals surface area contributed by atoms with E-state index in [1.165, 1.54) is 42.6 Å². The van der Waals surface area contributed by atoms with Gasteiger partial charge in [-0.2, -0.15) is 0 Å². The van der Waals surface area contributed by atoms with Crippen molar-refractivity contribution in [1.82, 2.24) is 4.98 Å². The smallest absolute Gasteiger partial charge is 0.164 e. The average Bonchev–Trinajstić information content (AvgIpc) is 3.50. The Kier molecular flexibility index (Phi) is 12.0. The van der Waals surface area contributed by atoms with Crippen LogP contribution < -0.4 is 0 Å². The number of para-hydroxylation sites is 1. The molecule has 1 radical (unpaired) electrons. The Morgan fingerprint density at radius 1 is 0.776 bits per heavy atom. The Balaban J connectivity index is 0.000000260. The van der Waals surface area contributed by atoms with Crippen LogP contribution in [0.3, 0.4) is 0 Å². The van der Waals surface area contributed by atoms with Gasteiger partial charge in [-0.1, -0.05) is 128 Å². The summed E-state index contributed by atoms with van der Waals surface area (Å²) in [5, 5.41) is 16.3. The van der Waals surface area contributed by atoms with Crippen LogP contribution in [0, 0.1) is 16.9 Å². The molecule has 0 amide bonds. The predicted molar refractivity (Wildman–Crippen MR) is 208 cm³/mol. The van der Waals surface area contributed by atoms with E-state index in [1.54, 1.807) is 0 Å². The molecular formula is C44H50IrNO2S-. The van der Waals surface area contributed by atoms with Gasteiger partial charge in [-0.25, -0.2) is 0 Å². The number of nitrogens with zero attached hydrogens (tertiary/aromatic N) is 1. The number of hydrogen-bond donors (Lipinski definition) is 1. The molecule has 0 atom stereocenters. The summed E-state index contributed by atoms with van der Waals surface area (Å²) < 4.78 is 2.61. The van der Waals surface area contributed by atoms with Crippen LogP contribution in [0.25, 0.3) is 53.1 Å². The maximum absolute atomic E-state index is 12.2. The molecule has 0 unspecified atom stereocenters. The second-order valence-electron chi connectivity index (χ2n) is 14.6. The summed E-state index contributed by atoms with van der Waals surface area (Å²) in [6.07, 6.45) is 4.75. The van der Waals surface area contributed by atoms with Gasteiger partial charge in [-0.05, 0) is 54.0 Å². The van der Waals surface area contributed by atoms with Crippen LogP contribution in [-0.4, -0.2) is 15.9 Å². The van der Waals surface area contributed by atoms with Crippen LogP contribution >= 0.6 is 11.3 Å². The molecule has 0 saturated heterocycles. The van der Waals surface area contributed by atoms with Gasteiger partial charge in [0.05, 0.1) is 5.52 Å². The number of aromatic nitrogens is 1. The molecule has 0 fully saturated rings. The summed E-state index contributed by atoms with van der Waals surface area (Å²) in [6.45, 7) is 18.9. The summed E-state index contributed by atoms with van der Waals surface area (Å²) in [7, 11) is 0. The number of carbonyl (C=O) groups is 1. The molecule has 0 aliphatic rings. The number of aliphatic hydroxyl groups excluding tert-OH is 1. The summed E-state index contributed by atoms with van der Waals surface area (Å²) >= 11 is 1.86. The van der Waals surface area contributed by atoms with Crippen molar-refractivity contribution in [2.24, 2.45) is 10.8 Å². The molecule has 2 heterocycles. The molecule has 6 aromatic rings. The maximum atomic E-state index is 12.2. The molecule has 0 aliphatic heterocycles. The number of ketones is 1. The first-order valence-electron chi connectivity index (χ1n) is 17.4. The van der Waals surface area contributed by atoms with E-state index < -0.39 is 0 Å². The van der Waals surface area contributed by atoms with Crippen molar-refractivity contribution < 1.29 is 30.0 Å². The standard InChI is InChI=1S/C29H22NS.C15H28O2.Ir/c1-29(2,3)23-17-19(16-18-10-4-5-11-20(18)23)27-26-22-13-7-9-15-25(22)31-28(26)21-12-6-8-14-24(21)30-27;1-7-14(5,8-2)12(16)11-13(17)15(6,9-3)10-4;/h4-15,17H,1-3H3;11,16H,7-10H2,1-6H3;/q-1;;/b;12-11-;. The Labute approximate surface area is 310 Å². The van der Waals surface area contributed by atoms with Crippen molar-refractivity contribution in [3.05, 3.63) is 102 Å². The second-order valence-corrected chi connectivity index (χ2v) is 15.7. The van der Waals surface area contributed by atoms with Crippen LogP contribution in [-0.2, 0) is 30.3 Å². The number of benzene rings is 4. The first kappa shape index (κ1) is 38.4. The van der Waals surface area contributed by atoms with Crippen molar-refractivity contribution in [2.45, 2.75) is 93.4 Å². The molecule has 3 nitrogen and oxygen atoms in total. The van der Waals surface area contributed by atoms with E-state index in [9.17, 15) is 9.90 Å². The van der Waals surface area contributed by atoms with E-state index in [0.717, 1.165) is 47.8 Å². The van der Waals surface area contributed by atoms with Gasteiger partial charge >= 0.3 is 0 Å². The Bertz CT molecular complexity index is 2130. The van der Waals surface area contributed by atoms with Crippen LogP contribution in [0.2, 0.25) is 0 Å². The van der Waals surface area contributed by atoms with Crippen molar-refractivity contribution in [2.75, 3.05) is 0 Å². The molecular weight excluding hydrogens is 799 g/mol. The third-order valence-electron chi connectivity index (χ3n) is 10.7. The van der Waals surface area contributed by atoms with Crippen LogP contribution in [0.15, 0.2) is 90.7 Å². The number of allylic oxidation sites excluding steroid dienone is 2. The van der Waals surface area contributed by atoms with E-state index in [0.29, 0.717) is 0 Å². The van der Waals surface area contributed by atoms with Crippen molar-refractivity contribution >= 4 is 59.0 Å². The molecule has 49 heavy (non-hydrogen) atoms. The van der Waals surface area contributed by atoms with Gasteiger partial charge in [-0.15, -0.1) is 40.5 Å². The molecule has 0 bridgehead atoms. The SMILES string of the molecule is CC(C)(C)c1cc(-c2nc3ccccc3c3sc4ccccc4c23)[c-]c2ccccc12.CCC(C)(CC)C(=O)/C=C(\O)C(C)(CC)CC.[Ir]. The van der Waals surface area contributed by atoms with E-state index in [2.05, 4.69) is 106 Å². The number of thiophene rings is 1. The van der Waals surface area contributed by atoms with Crippen molar-refractivity contribution in [1.29, 1.82) is 0 Å². The van der Waals surface area contributed by atoms with Crippen LogP contribution in [0.4, 0.5) is 0 Å². The summed E-state index contributed by atoms with van der Waals surface area (Å²) in [5.74, 6) is 0.286.